The fourth-order valence-electron chi connectivity index (χ4n) is 1.69. The van der Waals surface area contributed by atoms with Crippen LogP contribution in [-0.2, 0) is 9.53 Å². The first-order chi connectivity index (χ1) is 6.84. The number of amides is 1. The van der Waals surface area contributed by atoms with E-state index in [4.69, 9.17) is 9.84 Å². The van der Waals surface area contributed by atoms with E-state index >= 15 is 0 Å². The van der Waals surface area contributed by atoms with Gasteiger partial charge in [0.2, 0.25) is 5.91 Å². The first-order valence-corrected chi connectivity index (χ1v) is 5.88. The van der Waals surface area contributed by atoms with Gasteiger partial charge in [-0.1, -0.05) is 15.9 Å². The molecule has 15 heavy (non-hydrogen) atoms. The Bertz CT molecular complexity index is 239. The number of ether oxygens (including phenoxy) is 1. The van der Waals surface area contributed by atoms with Gasteiger partial charge in [0.15, 0.2) is 0 Å². The smallest absolute Gasteiger partial charge is 0.239 e. The second kappa shape index (κ2) is 4.80. The van der Waals surface area contributed by atoms with Crippen LogP contribution in [0.25, 0.3) is 0 Å². The number of rotatable bonds is 2. The zero-order chi connectivity index (χ0) is 11.6. The molecular weight excluding hydrogens is 262 g/mol. The molecule has 0 aliphatic carbocycles. The molecule has 0 spiro atoms. The van der Waals surface area contributed by atoms with Crippen molar-refractivity contribution >= 4 is 21.8 Å². The highest BCUT2D eigenvalue weighted by Crippen LogP contribution is 2.22. The van der Waals surface area contributed by atoms with Crippen molar-refractivity contribution in [3.8, 4) is 0 Å². The Balaban J connectivity index is 2.66. The van der Waals surface area contributed by atoms with E-state index in [-0.39, 0.29) is 24.7 Å². The molecule has 1 heterocycles. The van der Waals surface area contributed by atoms with Crippen LogP contribution in [0.1, 0.15) is 20.8 Å². The Hall–Kier alpha value is -0.130. The van der Waals surface area contributed by atoms with Gasteiger partial charge in [-0.2, -0.15) is 0 Å². The molecule has 0 aromatic rings. The fourth-order valence-corrected chi connectivity index (χ4v) is 1.94. The van der Waals surface area contributed by atoms with Crippen molar-refractivity contribution in [3.05, 3.63) is 0 Å². The number of aliphatic hydroxyl groups excluding tert-OH is 1. The normalized spacial score (nSPS) is 27.9. The monoisotopic (exact) mass is 279 g/mol. The lowest BCUT2D eigenvalue weighted by Crippen LogP contribution is -2.54. The standard InChI is InChI=1S/C10H18BrNO3/c1-7-4-12(5-8(6-13)15-7)9(14)10(2,3)11/h7-8,13H,4-6H2,1-3H3. The molecule has 0 bridgehead atoms. The van der Waals surface area contributed by atoms with Crippen molar-refractivity contribution in [1.29, 1.82) is 0 Å². The maximum Gasteiger partial charge on any atom is 0.239 e. The SMILES string of the molecule is CC1CN(C(=O)C(C)(C)Br)CC(CO)O1. The summed E-state index contributed by atoms with van der Waals surface area (Å²) in [5, 5.41) is 9.04. The first kappa shape index (κ1) is 12.9. The summed E-state index contributed by atoms with van der Waals surface area (Å²) < 4.78 is 4.92. The molecule has 5 heteroatoms. The Morgan fingerprint density at radius 2 is 2.20 bits per heavy atom. The molecule has 0 aromatic heterocycles. The number of morpholine rings is 1. The van der Waals surface area contributed by atoms with Crippen LogP contribution in [0.3, 0.4) is 0 Å². The van der Waals surface area contributed by atoms with Gasteiger partial charge in [-0.15, -0.1) is 0 Å². The molecule has 1 saturated heterocycles. The zero-order valence-corrected chi connectivity index (χ0v) is 11.0. The Labute approximate surface area is 98.7 Å². The van der Waals surface area contributed by atoms with E-state index in [1.807, 2.05) is 20.8 Å². The minimum absolute atomic E-state index is 0.0188. The van der Waals surface area contributed by atoms with Gasteiger partial charge in [-0.25, -0.2) is 0 Å². The number of hydrogen-bond acceptors (Lipinski definition) is 3. The van der Waals surface area contributed by atoms with E-state index in [2.05, 4.69) is 15.9 Å². The average Bonchev–Trinajstić information content (AvgIpc) is 2.14. The lowest BCUT2D eigenvalue weighted by molar-refractivity contribution is -0.148. The maximum atomic E-state index is 12.0. The summed E-state index contributed by atoms with van der Waals surface area (Å²) in [7, 11) is 0. The summed E-state index contributed by atoms with van der Waals surface area (Å²) in [4.78, 5) is 13.7. The zero-order valence-electron chi connectivity index (χ0n) is 9.36. The molecule has 1 N–H and O–H groups in total. The number of nitrogens with zero attached hydrogens (tertiary/aromatic N) is 1. The van der Waals surface area contributed by atoms with Crippen LogP contribution < -0.4 is 0 Å². The minimum atomic E-state index is -0.552. The van der Waals surface area contributed by atoms with Crippen LogP contribution >= 0.6 is 15.9 Å². The Kier molecular flexibility index (Phi) is 4.14. The van der Waals surface area contributed by atoms with Gasteiger partial charge in [-0.05, 0) is 20.8 Å². The van der Waals surface area contributed by atoms with E-state index in [1.165, 1.54) is 0 Å². The summed E-state index contributed by atoms with van der Waals surface area (Å²) >= 11 is 3.35. The molecule has 1 aliphatic rings. The molecule has 2 unspecified atom stereocenters. The first-order valence-electron chi connectivity index (χ1n) is 5.09. The van der Waals surface area contributed by atoms with Crippen LogP contribution in [0.4, 0.5) is 0 Å². The molecule has 0 saturated carbocycles. The predicted octanol–water partition coefficient (Wildman–Crippen LogP) is 0.768. The summed E-state index contributed by atoms with van der Waals surface area (Å²) in [6.45, 7) is 6.56. The highest BCUT2D eigenvalue weighted by molar-refractivity contribution is 9.10. The van der Waals surface area contributed by atoms with Crippen LogP contribution in [0, 0.1) is 0 Å². The van der Waals surface area contributed by atoms with E-state index in [0.29, 0.717) is 13.1 Å². The van der Waals surface area contributed by atoms with Gasteiger partial charge in [0, 0.05) is 13.1 Å². The van der Waals surface area contributed by atoms with E-state index < -0.39 is 4.32 Å². The summed E-state index contributed by atoms with van der Waals surface area (Å²) in [5.41, 5.74) is 0. The number of carbonyl (C=O) groups excluding carboxylic acids is 1. The Morgan fingerprint density at radius 1 is 1.60 bits per heavy atom. The van der Waals surface area contributed by atoms with Crippen LogP contribution in [0.15, 0.2) is 0 Å². The third kappa shape index (κ3) is 3.43. The average molecular weight is 280 g/mol. The number of alkyl halides is 1. The third-order valence-corrected chi connectivity index (χ3v) is 2.66. The number of hydrogen-bond donors (Lipinski definition) is 1. The van der Waals surface area contributed by atoms with E-state index in [0.717, 1.165) is 0 Å². The molecule has 1 rings (SSSR count). The fraction of sp³-hybridized carbons (Fsp3) is 0.900. The number of carbonyl (C=O) groups is 1. The largest absolute Gasteiger partial charge is 0.394 e. The molecule has 88 valence electrons. The quantitative estimate of drug-likeness (QED) is 0.760. The van der Waals surface area contributed by atoms with Gasteiger partial charge in [0.25, 0.3) is 0 Å². The van der Waals surface area contributed by atoms with Crippen LogP contribution in [0.2, 0.25) is 0 Å². The lowest BCUT2D eigenvalue weighted by atomic mass is 10.1. The summed E-state index contributed by atoms with van der Waals surface area (Å²) in [6.07, 6.45) is -0.276. The highest BCUT2D eigenvalue weighted by atomic mass is 79.9. The lowest BCUT2D eigenvalue weighted by Gasteiger charge is -2.38. The predicted molar refractivity (Wildman–Crippen MR) is 61.0 cm³/mol. The maximum absolute atomic E-state index is 12.0. The second-order valence-corrected chi connectivity index (χ2v) is 6.42. The van der Waals surface area contributed by atoms with E-state index in [1.54, 1.807) is 4.90 Å². The van der Waals surface area contributed by atoms with Gasteiger partial charge in [0.1, 0.15) is 0 Å². The second-order valence-electron chi connectivity index (χ2n) is 4.43. The highest BCUT2D eigenvalue weighted by Gasteiger charge is 2.34. The number of halogens is 1. The third-order valence-electron chi connectivity index (χ3n) is 2.33. The van der Waals surface area contributed by atoms with Crippen molar-refractivity contribution in [1.82, 2.24) is 4.90 Å². The Morgan fingerprint density at radius 3 is 2.67 bits per heavy atom. The van der Waals surface area contributed by atoms with Crippen LogP contribution in [-0.4, -0.2) is 52.1 Å². The van der Waals surface area contributed by atoms with Gasteiger partial charge in [0.05, 0.1) is 23.1 Å². The van der Waals surface area contributed by atoms with Crippen molar-refractivity contribution in [2.75, 3.05) is 19.7 Å². The van der Waals surface area contributed by atoms with Gasteiger partial charge < -0.3 is 14.7 Å². The molecule has 1 amide bonds. The molecule has 0 aromatic carbocycles. The van der Waals surface area contributed by atoms with Gasteiger partial charge in [-0.3, -0.25) is 4.79 Å². The van der Waals surface area contributed by atoms with Gasteiger partial charge >= 0.3 is 0 Å². The topological polar surface area (TPSA) is 49.8 Å². The summed E-state index contributed by atoms with van der Waals surface area (Å²) in [5.74, 6) is 0.0381. The number of aliphatic hydroxyl groups is 1. The van der Waals surface area contributed by atoms with E-state index in [9.17, 15) is 4.79 Å². The molecule has 1 fully saturated rings. The molecule has 4 nitrogen and oxygen atoms in total. The van der Waals surface area contributed by atoms with Crippen LogP contribution in [0.5, 0.6) is 0 Å². The van der Waals surface area contributed by atoms with Crippen molar-refractivity contribution in [2.45, 2.75) is 37.3 Å². The molecular formula is C10H18BrNO3. The van der Waals surface area contributed by atoms with Crippen molar-refractivity contribution in [2.24, 2.45) is 0 Å². The minimum Gasteiger partial charge on any atom is -0.394 e. The molecule has 2 atom stereocenters. The van der Waals surface area contributed by atoms with Crippen molar-refractivity contribution < 1.29 is 14.6 Å². The molecule has 0 radical (unpaired) electrons. The molecule has 1 aliphatic heterocycles. The summed E-state index contributed by atoms with van der Waals surface area (Å²) in [6, 6.07) is 0. The van der Waals surface area contributed by atoms with Crippen molar-refractivity contribution in [3.63, 3.8) is 0 Å².